The second-order valence-corrected chi connectivity index (χ2v) is 4.27. The molecule has 0 aromatic heterocycles. The molecule has 17 heavy (non-hydrogen) atoms. The number of halogens is 3. The molecule has 1 nitrogen and oxygen atoms in total. The average Bonchev–Trinajstić information content (AvgIpc) is 2.28. The number of thioether (sulfide) groups is 1. The van der Waals surface area contributed by atoms with E-state index in [0.29, 0.717) is 12.2 Å². The minimum absolute atomic E-state index is 0.596. The summed E-state index contributed by atoms with van der Waals surface area (Å²) in [5.41, 5.74) is 0.0418. The van der Waals surface area contributed by atoms with Crippen LogP contribution in [0.3, 0.4) is 0 Å². The molecule has 0 saturated carbocycles. The number of alkyl halides is 3. The van der Waals surface area contributed by atoms with Gasteiger partial charge in [0.15, 0.2) is 0 Å². The van der Waals surface area contributed by atoms with Gasteiger partial charge in [0.1, 0.15) is 0 Å². The topological polar surface area (TPSA) is 9.23 Å². The van der Waals surface area contributed by atoms with Crippen LogP contribution in [0, 0.1) is 0 Å². The number of ether oxygens (including phenoxy) is 1. The predicted molar refractivity (Wildman–Crippen MR) is 64.8 cm³/mol. The summed E-state index contributed by atoms with van der Waals surface area (Å²) in [6.07, 6.45) is 0.833. The van der Waals surface area contributed by atoms with Gasteiger partial charge in [-0.15, -0.1) is 0 Å². The van der Waals surface area contributed by atoms with Gasteiger partial charge in [-0.25, -0.2) is 0 Å². The van der Waals surface area contributed by atoms with Gasteiger partial charge in [0.25, 0.3) is 0 Å². The molecule has 0 heterocycles. The van der Waals surface area contributed by atoms with Crippen molar-refractivity contribution in [2.75, 3.05) is 18.6 Å². The molecule has 0 fully saturated rings. The van der Waals surface area contributed by atoms with Gasteiger partial charge in [0.05, 0.1) is 18.4 Å². The van der Waals surface area contributed by atoms with Crippen molar-refractivity contribution in [3.63, 3.8) is 0 Å². The number of hydrogen-bond donors (Lipinski definition) is 0. The van der Waals surface area contributed by atoms with Gasteiger partial charge in [-0.3, -0.25) is 0 Å². The number of hydrogen-bond acceptors (Lipinski definition) is 2. The molecule has 1 aromatic carbocycles. The molecular weight excluding hydrogens is 249 g/mol. The van der Waals surface area contributed by atoms with Crippen LogP contribution in [0.15, 0.2) is 30.5 Å². The van der Waals surface area contributed by atoms with Crippen molar-refractivity contribution in [2.24, 2.45) is 0 Å². The van der Waals surface area contributed by atoms with Gasteiger partial charge in [-0.05, 0) is 30.0 Å². The second-order valence-electron chi connectivity index (χ2n) is 3.29. The maximum absolute atomic E-state index is 12.3. The Morgan fingerprint density at radius 3 is 2.41 bits per heavy atom. The van der Waals surface area contributed by atoms with Crippen molar-refractivity contribution in [3.8, 4) is 0 Å². The quantitative estimate of drug-likeness (QED) is 0.584. The van der Waals surface area contributed by atoms with Crippen LogP contribution in [0.4, 0.5) is 13.2 Å². The SMILES string of the molecule is CSCCO/C=C/c1ccc(C(F)(F)F)cc1. The van der Waals surface area contributed by atoms with Gasteiger partial charge in [0, 0.05) is 5.75 Å². The number of rotatable bonds is 5. The summed E-state index contributed by atoms with van der Waals surface area (Å²) in [5.74, 6) is 0.886. The monoisotopic (exact) mass is 262 g/mol. The van der Waals surface area contributed by atoms with E-state index in [0.717, 1.165) is 17.9 Å². The van der Waals surface area contributed by atoms with Crippen LogP contribution in [-0.2, 0) is 10.9 Å². The molecule has 0 bridgehead atoms. The molecule has 1 rings (SSSR count). The van der Waals surface area contributed by atoms with E-state index in [9.17, 15) is 13.2 Å². The Bertz CT molecular complexity index is 357. The summed E-state index contributed by atoms with van der Waals surface area (Å²) >= 11 is 1.67. The van der Waals surface area contributed by atoms with Crippen LogP contribution in [0.5, 0.6) is 0 Å². The van der Waals surface area contributed by atoms with Crippen molar-refractivity contribution in [1.82, 2.24) is 0 Å². The lowest BCUT2D eigenvalue weighted by molar-refractivity contribution is -0.137. The maximum Gasteiger partial charge on any atom is 0.416 e. The Kier molecular flexibility index (Phi) is 5.41. The normalized spacial score (nSPS) is 12.0. The fourth-order valence-electron chi connectivity index (χ4n) is 1.11. The van der Waals surface area contributed by atoms with Crippen molar-refractivity contribution < 1.29 is 17.9 Å². The second kappa shape index (κ2) is 6.59. The minimum Gasteiger partial charge on any atom is -0.500 e. The average molecular weight is 262 g/mol. The van der Waals surface area contributed by atoms with E-state index in [-0.39, 0.29) is 0 Å². The molecule has 0 saturated heterocycles. The third-order valence-electron chi connectivity index (χ3n) is 2.00. The first-order valence-electron chi connectivity index (χ1n) is 4.98. The Morgan fingerprint density at radius 1 is 1.24 bits per heavy atom. The van der Waals surface area contributed by atoms with Crippen LogP contribution >= 0.6 is 11.8 Å². The molecule has 0 aliphatic carbocycles. The first kappa shape index (κ1) is 14.0. The summed E-state index contributed by atoms with van der Waals surface area (Å²) in [6.45, 7) is 0.596. The van der Waals surface area contributed by atoms with Crippen LogP contribution in [0.25, 0.3) is 6.08 Å². The summed E-state index contributed by atoms with van der Waals surface area (Å²) in [6, 6.07) is 4.94. The lowest BCUT2D eigenvalue weighted by Gasteiger charge is -2.05. The Hall–Kier alpha value is -1.10. The van der Waals surface area contributed by atoms with E-state index in [1.54, 1.807) is 17.8 Å². The van der Waals surface area contributed by atoms with Gasteiger partial charge in [0.2, 0.25) is 0 Å². The molecule has 0 unspecified atom stereocenters. The highest BCUT2D eigenvalue weighted by Gasteiger charge is 2.29. The Morgan fingerprint density at radius 2 is 1.88 bits per heavy atom. The zero-order valence-corrected chi connectivity index (χ0v) is 10.1. The molecule has 0 aliphatic rings. The minimum atomic E-state index is -4.28. The first-order chi connectivity index (χ1) is 8.04. The van der Waals surface area contributed by atoms with Crippen molar-refractivity contribution in [2.45, 2.75) is 6.18 Å². The van der Waals surface area contributed by atoms with Crippen LogP contribution in [0.2, 0.25) is 0 Å². The largest absolute Gasteiger partial charge is 0.500 e. The first-order valence-corrected chi connectivity index (χ1v) is 6.38. The third kappa shape index (κ3) is 5.17. The molecule has 1 aromatic rings. The number of benzene rings is 1. The van der Waals surface area contributed by atoms with Gasteiger partial charge in [-0.1, -0.05) is 12.1 Å². The van der Waals surface area contributed by atoms with Crippen molar-refractivity contribution >= 4 is 17.8 Å². The lowest BCUT2D eigenvalue weighted by Crippen LogP contribution is -2.03. The summed E-state index contributed by atoms with van der Waals surface area (Å²) in [7, 11) is 0. The van der Waals surface area contributed by atoms with E-state index in [4.69, 9.17) is 4.74 Å². The van der Waals surface area contributed by atoms with Crippen LogP contribution in [0.1, 0.15) is 11.1 Å². The van der Waals surface area contributed by atoms with Crippen molar-refractivity contribution in [1.29, 1.82) is 0 Å². The lowest BCUT2D eigenvalue weighted by atomic mass is 10.1. The predicted octanol–water partition coefficient (Wildman–Crippen LogP) is 4.06. The molecule has 0 spiro atoms. The maximum atomic E-state index is 12.3. The highest BCUT2D eigenvalue weighted by Crippen LogP contribution is 2.29. The van der Waals surface area contributed by atoms with Gasteiger partial charge in [-0.2, -0.15) is 24.9 Å². The smallest absolute Gasteiger partial charge is 0.416 e. The zero-order chi connectivity index (χ0) is 12.7. The van der Waals surface area contributed by atoms with E-state index in [1.807, 2.05) is 6.26 Å². The highest BCUT2D eigenvalue weighted by molar-refractivity contribution is 7.98. The molecule has 0 amide bonds. The van der Waals surface area contributed by atoms with E-state index in [1.165, 1.54) is 18.4 Å². The molecular formula is C12H13F3OS. The van der Waals surface area contributed by atoms with Gasteiger partial charge < -0.3 is 4.74 Å². The van der Waals surface area contributed by atoms with E-state index < -0.39 is 11.7 Å². The van der Waals surface area contributed by atoms with Crippen molar-refractivity contribution in [3.05, 3.63) is 41.7 Å². The summed E-state index contributed by atoms with van der Waals surface area (Å²) < 4.78 is 41.9. The van der Waals surface area contributed by atoms with Crippen LogP contribution in [-0.4, -0.2) is 18.6 Å². The summed E-state index contributed by atoms with van der Waals surface area (Å²) in [5, 5.41) is 0. The molecule has 0 atom stereocenters. The highest BCUT2D eigenvalue weighted by atomic mass is 32.2. The van der Waals surface area contributed by atoms with E-state index in [2.05, 4.69) is 0 Å². The fraction of sp³-hybridized carbons (Fsp3) is 0.333. The molecule has 94 valence electrons. The van der Waals surface area contributed by atoms with Crippen LogP contribution < -0.4 is 0 Å². The molecule has 0 aliphatic heterocycles. The Balaban J connectivity index is 2.51. The molecule has 0 N–H and O–H groups in total. The molecule has 5 heteroatoms. The van der Waals surface area contributed by atoms with Gasteiger partial charge >= 0.3 is 6.18 Å². The molecule has 0 radical (unpaired) electrons. The standard InChI is InChI=1S/C12H13F3OS/c1-17-9-8-16-7-6-10-2-4-11(5-3-10)12(13,14)15/h2-7H,8-9H2,1H3/b7-6+. The summed E-state index contributed by atoms with van der Waals surface area (Å²) in [4.78, 5) is 0. The Labute approximate surface area is 103 Å². The fourth-order valence-corrected chi connectivity index (χ4v) is 1.37. The zero-order valence-electron chi connectivity index (χ0n) is 9.33. The van der Waals surface area contributed by atoms with E-state index >= 15 is 0 Å². The third-order valence-corrected chi connectivity index (χ3v) is 2.57.